The van der Waals surface area contributed by atoms with Gasteiger partial charge in [0, 0.05) is 6.04 Å². The molecule has 2 fully saturated rings. The van der Waals surface area contributed by atoms with Crippen molar-refractivity contribution in [2.45, 2.75) is 76.0 Å². The van der Waals surface area contributed by atoms with Gasteiger partial charge in [0.2, 0.25) is 12.2 Å². The molecule has 12 heteroatoms. The lowest BCUT2D eigenvalue weighted by Gasteiger charge is -2.29. The summed E-state index contributed by atoms with van der Waals surface area (Å²) < 4.78 is 14.8. The van der Waals surface area contributed by atoms with Crippen molar-refractivity contribution in [3.05, 3.63) is 71.8 Å². The van der Waals surface area contributed by atoms with Crippen molar-refractivity contribution < 1.29 is 48.4 Å². The van der Waals surface area contributed by atoms with Crippen LogP contribution in [0.5, 0.6) is 0 Å². The topological polar surface area (TPSA) is 178 Å². The quantitative estimate of drug-likeness (QED) is 0.270. The van der Waals surface area contributed by atoms with Gasteiger partial charge in [0.25, 0.3) is 0 Å². The molecule has 0 aliphatic carbocycles. The summed E-state index contributed by atoms with van der Waals surface area (Å²) in [6.07, 6.45) is -0.363. The van der Waals surface area contributed by atoms with E-state index in [1.807, 2.05) is 20.8 Å². The molecule has 2 aromatic carbocycles. The van der Waals surface area contributed by atoms with E-state index in [4.69, 9.17) is 14.2 Å². The molecule has 1 amide bonds. The maximum Gasteiger partial charge on any atom is 0.409 e. The Bertz CT molecular complexity index is 1170. The number of hydrogen-bond acceptors (Lipinski definition) is 9. The number of ether oxygens (including phenoxy) is 3. The van der Waals surface area contributed by atoms with E-state index in [0.29, 0.717) is 6.04 Å². The van der Waals surface area contributed by atoms with Crippen LogP contribution in [0.15, 0.2) is 60.7 Å². The first kappa shape index (κ1) is 31.1. The normalized spacial score (nSPS) is 20.4. The van der Waals surface area contributed by atoms with Crippen LogP contribution in [-0.4, -0.2) is 69.7 Å². The van der Waals surface area contributed by atoms with Crippen LogP contribution in [0.3, 0.4) is 0 Å². The predicted octanol–water partition coefficient (Wildman–Crippen LogP) is 3.36. The zero-order valence-corrected chi connectivity index (χ0v) is 23.0. The second-order valence-corrected chi connectivity index (χ2v) is 10.7. The third-order valence-corrected chi connectivity index (χ3v) is 6.31. The van der Waals surface area contributed by atoms with E-state index in [9.17, 15) is 34.2 Å². The van der Waals surface area contributed by atoms with Crippen molar-refractivity contribution >= 4 is 30.0 Å². The number of amides is 1. The second-order valence-electron chi connectivity index (χ2n) is 10.7. The number of hydrogen-bond donors (Lipinski definition) is 4. The summed E-state index contributed by atoms with van der Waals surface area (Å²) >= 11 is 0. The number of carboxylic acids is 2. The smallest absolute Gasteiger partial charge is 0.409 e. The van der Waals surface area contributed by atoms with Crippen molar-refractivity contribution in [2.24, 2.45) is 0 Å². The first-order valence-corrected chi connectivity index (χ1v) is 13.1. The number of alkyl carbamates (subject to hydrolysis) is 1. The fourth-order valence-corrected chi connectivity index (χ4v) is 4.45. The van der Waals surface area contributed by atoms with E-state index < -0.39 is 41.7 Å². The van der Waals surface area contributed by atoms with E-state index in [1.54, 1.807) is 12.1 Å². The van der Waals surface area contributed by atoms with E-state index in [-0.39, 0.29) is 22.9 Å². The molecule has 0 unspecified atom stereocenters. The van der Waals surface area contributed by atoms with Crippen molar-refractivity contribution in [3.63, 3.8) is 0 Å². The van der Waals surface area contributed by atoms with Crippen LogP contribution in [0.25, 0.3) is 0 Å². The van der Waals surface area contributed by atoms with Crippen LogP contribution in [0.1, 0.15) is 67.2 Å². The molecule has 2 aliphatic heterocycles. The monoisotopic (exact) mass is 570 g/mol. The largest absolute Gasteiger partial charge is 0.478 e. The minimum absolute atomic E-state index is 0.0253. The average molecular weight is 571 g/mol. The minimum atomic E-state index is -2.21. The first-order valence-electron chi connectivity index (χ1n) is 13.1. The molecule has 2 aromatic rings. The molecule has 0 radical (unpaired) electrons. The predicted molar refractivity (Wildman–Crippen MR) is 144 cm³/mol. The maximum absolute atomic E-state index is 12.0. The summed E-state index contributed by atoms with van der Waals surface area (Å²) in [6.45, 7) is 5.64. The zero-order chi connectivity index (χ0) is 30.2. The summed E-state index contributed by atoms with van der Waals surface area (Å²) in [7, 11) is 0. The molecule has 0 saturated carbocycles. The van der Waals surface area contributed by atoms with Crippen molar-refractivity contribution in [3.8, 4) is 0 Å². The third kappa shape index (κ3) is 9.04. The molecule has 2 heterocycles. The summed E-state index contributed by atoms with van der Waals surface area (Å²) in [5.41, 5.74) is -0.542. The number of nitrogens with one attached hydrogen (secondary N) is 2. The lowest BCUT2D eigenvalue weighted by molar-refractivity contribution is -0.166. The van der Waals surface area contributed by atoms with Gasteiger partial charge in [0.1, 0.15) is 5.60 Å². The average Bonchev–Trinajstić information content (AvgIpc) is 3.51. The first-order chi connectivity index (χ1) is 19.3. The second kappa shape index (κ2) is 13.3. The molecule has 0 aromatic heterocycles. The van der Waals surface area contributed by atoms with Gasteiger partial charge in [-0.3, -0.25) is 5.32 Å². The molecular formula is C29H34N2O10. The number of aliphatic carboxylic acids is 2. The van der Waals surface area contributed by atoms with Crippen LogP contribution in [0.2, 0.25) is 0 Å². The number of fused-ring (bicyclic) bond motifs is 2. The Morgan fingerprint density at radius 2 is 1.22 bits per heavy atom. The van der Waals surface area contributed by atoms with Gasteiger partial charge >= 0.3 is 30.0 Å². The van der Waals surface area contributed by atoms with Gasteiger partial charge in [-0.05, 0) is 70.7 Å². The standard InChI is InChI=1S/C18H14O8.C11H20N2O2/c19-15(20)13(25-17(23)11-7-3-1-4-8-11)14(16(21)22)26-18(24)12-9-5-2-6-10-12;1-10(2,3)15-9(14)13-11-6-4-8(12-11)5-7-11/h1-10,13-14H,(H,19,20)(H,21,22);8,12H,4-7H2,1-3H3,(H,13,14)/t13-,14-;/m1./s1. The van der Waals surface area contributed by atoms with Gasteiger partial charge in [-0.15, -0.1) is 0 Å². The summed E-state index contributed by atoms with van der Waals surface area (Å²) in [6, 6.07) is 15.4. The van der Waals surface area contributed by atoms with Gasteiger partial charge in [-0.2, -0.15) is 0 Å². The maximum atomic E-state index is 12.0. The highest BCUT2D eigenvalue weighted by Crippen LogP contribution is 2.35. The van der Waals surface area contributed by atoms with E-state index in [2.05, 4.69) is 10.6 Å². The van der Waals surface area contributed by atoms with Crippen molar-refractivity contribution in [2.75, 3.05) is 0 Å². The number of benzene rings is 2. The number of carboxylic acid groups (broad SMARTS) is 2. The molecule has 4 N–H and O–H groups in total. The fraction of sp³-hybridized carbons (Fsp3) is 0.414. The molecule has 2 aliphatic rings. The molecule has 41 heavy (non-hydrogen) atoms. The summed E-state index contributed by atoms with van der Waals surface area (Å²) in [5.74, 6) is -5.63. The van der Waals surface area contributed by atoms with E-state index in [1.165, 1.54) is 48.5 Å². The Hall–Kier alpha value is -4.45. The molecular weight excluding hydrogens is 536 g/mol. The minimum Gasteiger partial charge on any atom is -0.478 e. The summed E-state index contributed by atoms with van der Waals surface area (Å²) in [5, 5.41) is 24.9. The Labute approximate surface area is 237 Å². The van der Waals surface area contributed by atoms with Crippen molar-refractivity contribution in [1.29, 1.82) is 0 Å². The van der Waals surface area contributed by atoms with Gasteiger partial charge in [-0.25, -0.2) is 24.0 Å². The molecule has 12 nitrogen and oxygen atoms in total. The molecule has 0 spiro atoms. The molecule has 2 saturated heterocycles. The van der Waals surface area contributed by atoms with Crippen LogP contribution < -0.4 is 10.6 Å². The molecule has 4 rings (SSSR count). The third-order valence-electron chi connectivity index (χ3n) is 6.31. The van der Waals surface area contributed by atoms with Gasteiger partial charge in [-0.1, -0.05) is 36.4 Å². The van der Waals surface area contributed by atoms with Gasteiger partial charge in [0.15, 0.2) is 0 Å². The van der Waals surface area contributed by atoms with E-state index in [0.717, 1.165) is 25.7 Å². The highest BCUT2D eigenvalue weighted by Gasteiger charge is 2.46. The number of rotatable bonds is 8. The molecule has 2 atom stereocenters. The Morgan fingerprint density at radius 1 is 0.805 bits per heavy atom. The Kier molecular flexibility index (Phi) is 10.1. The van der Waals surface area contributed by atoms with Gasteiger partial charge in [0.05, 0.1) is 16.8 Å². The van der Waals surface area contributed by atoms with Gasteiger partial charge < -0.3 is 29.7 Å². The highest BCUT2D eigenvalue weighted by atomic mass is 16.6. The Morgan fingerprint density at radius 3 is 1.54 bits per heavy atom. The van der Waals surface area contributed by atoms with Crippen molar-refractivity contribution in [1.82, 2.24) is 10.6 Å². The lowest BCUT2D eigenvalue weighted by atomic mass is 9.95. The zero-order valence-electron chi connectivity index (χ0n) is 23.0. The SMILES string of the molecule is CC(C)(C)OC(=O)NC12CCC(CC1)N2.O=C(O[C@@H](C(=O)O)[C@@H](OC(=O)c1ccccc1)C(=O)O)c1ccccc1. The Balaban J connectivity index is 0.000000260. The van der Waals surface area contributed by atoms with Crippen LogP contribution in [0.4, 0.5) is 4.79 Å². The summed E-state index contributed by atoms with van der Waals surface area (Å²) in [4.78, 5) is 58.5. The van der Waals surface area contributed by atoms with Crippen LogP contribution in [-0.2, 0) is 23.8 Å². The number of carbonyl (C=O) groups is 5. The molecule has 2 bridgehead atoms. The highest BCUT2D eigenvalue weighted by molar-refractivity contribution is 5.95. The lowest BCUT2D eigenvalue weighted by Crippen LogP contribution is -2.54. The molecule has 220 valence electrons. The van der Waals surface area contributed by atoms with E-state index >= 15 is 0 Å². The van der Waals surface area contributed by atoms with Crippen LogP contribution in [0, 0.1) is 0 Å². The number of carbonyl (C=O) groups excluding carboxylic acids is 3. The fourth-order valence-electron chi connectivity index (χ4n) is 4.45. The number of esters is 2. The van der Waals surface area contributed by atoms with Crippen LogP contribution >= 0.6 is 0 Å².